The molecule has 0 N–H and O–H groups in total. The van der Waals surface area contributed by atoms with Crippen LogP contribution in [0, 0.1) is 0 Å². The number of benzene rings is 2. The van der Waals surface area contributed by atoms with Gasteiger partial charge in [0.05, 0.1) is 11.5 Å². The molecule has 3 rings (SSSR count). The van der Waals surface area contributed by atoms with Crippen molar-refractivity contribution < 1.29 is 27.5 Å². The van der Waals surface area contributed by atoms with Crippen molar-refractivity contribution in [3.8, 4) is 5.75 Å². The fourth-order valence-corrected chi connectivity index (χ4v) is 4.62. The molecule has 1 fully saturated rings. The van der Waals surface area contributed by atoms with Gasteiger partial charge in [0.2, 0.25) is 10.0 Å². The molecule has 0 amide bonds. The molecular weight excluding hydrogens is 394 g/mol. The Balaban J connectivity index is 1.63. The van der Waals surface area contributed by atoms with E-state index in [9.17, 15) is 18.0 Å². The summed E-state index contributed by atoms with van der Waals surface area (Å²) in [5.41, 5.74) is 0.519. The van der Waals surface area contributed by atoms with Crippen LogP contribution in [-0.2, 0) is 14.8 Å². The number of sulfonamides is 1. The van der Waals surface area contributed by atoms with Gasteiger partial charge >= 0.3 is 5.97 Å². The third-order valence-corrected chi connectivity index (χ3v) is 6.53. The van der Waals surface area contributed by atoms with Crippen LogP contribution in [0.2, 0.25) is 0 Å². The van der Waals surface area contributed by atoms with Crippen LogP contribution >= 0.6 is 0 Å². The molecule has 29 heavy (non-hydrogen) atoms. The van der Waals surface area contributed by atoms with E-state index in [1.54, 1.807) is 31.2 Å². The van der Waals surface area contributed by atoms with Crippen LogP contribution in [0.5, 0.6) is 5.75 Å². The number of hydrogen-bond donors (Lipinski definition) is 0. The molecule has 8 heteroatoms. The SMILES string of the molecule is CCOc1ccccc1C(=O)OCC(=O)c1ccc(S(=O)(=O)N2CCCC2)cc1. The van der Waals surface area contributed by atoms with Crippen molar-refractivity contribution in [3.63, 3.8) is 0 Å². The van der Waals surface area contributed by atoms with Gasteiger partial charge in [0.15, 0.2) is 12.4 Å². The summed E-state index contributed by atoms with van der Waals surface area (Å²) < 4.78 is 37.0. The monoisotopic (exact) mass is 417 g/mol. The number of para-hydroxylation sites is 1. The summed E-state index contributed by atoms with van der Waals surface area (Å²) in [5.74, 6) is -0.683. The van der Waals surface area contributed by atoms with Crippen LogP contribution in [0.1, 0.15) is 40.5 Å². The number of hydrogen-bond acceptors (Lipinski definition) is 6. The molecule has 0 bridgehead atoms. The highest BCUT2D eigenvalue weighted by atomic mass is 32.2. The lowest BCUT2D eigenvalue weighted by molar-refractivity contribution is 0.0471. The number of esters is 1. The van der Waals surface area contributed by atoms with Crippen molar-refractivity contribution in [1.82, 2.24) is 4.31 Å². The van der Waals surface area contributed by atoms with Gasteiger partial charge in [0.25, 0.3) is 0 Å². The molecule has 0 atom stereocenters. The van der Waals surface area contributed by atoms with Crippen molar-refractivity contribution in [2.75, 3.05) is 26.3 Å². The quantitative estimate of drug-likeness (QED) is 0.485. The summed E-state index contributed by atoms with van der Waals surface area (Å²) in [5, 5.41) is 0. The van der Waals surface area contributed by atoms with E-state index in [4.69, 9.17) is 9.47 Å². The van der Waals surface area contributed by atoms with Crippen molar-refractivity contribution in [2.24, 2.45) is 0 Å². The number of ether oxygens (including phenoxy) is 2. The van der Waals surface area contributed by atoms with Gasteiger partial charge in [-0.15, -0.1) is 0 Å². The number of nitrogens with zero attached hydrogens (tertiary/aromatic N) is 1. The van der Waals surface area contributed by atoms with E-state index in [0.29, 0.717) is 25.4 Å². The van der Waals surface area contributed by atoms with Gasteiger partial charge in [0, 0.05) is 18.7 Å². The molecule has 0 aromatic heterocycles. The lowest BCUT2D eigenvalue weighted by Gasteiger charge is -2.15. The van der Waals surface area contributed by atoms with E-state index in [0.717, 1.165) is 12.8 Å². The maximum Gasteiger partial charge on any atom is 0.342 e. The van der Waals surface area contributed by atoms with Gasteiger partial charge in [-0.1, -0.05) is 12.1 Å². The second-order valence-electron chi connectivity index (χ2n) is 6.56. The molecule has 2 aromatic carbocycles. The summed E-state index contributed by atoms with van der Waals surface area (Å²) >= 11 is 0. The topological polar surface area (TPSA) is 90.0 Å². The number of ketones is 1. The minimum atomic E-state index is -3.53. The first-order valence-electron chi connectivity index (χ1n) is 9.46. The lowest BCUT2D eigenvalue weighted by atomic mass is 10.1. The van der Waals surface area contributed by atoms with Gasteiger partial charge in [-0.2, -0.15) is 4.31 Å². The molecule has 1 saturated heterocycles. The Kier molecular flexibility index (Phi) is 6.66. The first-order valence-corrected chi connectivity index (χ1v) is 10.9. The van der Waals surface area contributed by atoms with Crippen molar-refractivity contribution in [1.29, 1.82) is 0 Å². The molecule has 154 valence electrons. The standard InChI is InChI=1S/C21H23NO6S/c1-2-27-20-8-4-3-7-18(20)21(24)28-15-19(23)16-9-11-17(12-10-16)29(25,26)22-13-5-6-14-22/h3-4,7-12H,2,5-6,13-15H2,1H3. The van der Waals surface area contributed by atoms with Crippen LogP contribution in [0.4, 0.5) is 0 Å². The third kappa shape index (κ3) is 4.83. The maximum atomic E-state index is 12.5. The number of carbonyl (C=O) groups is 2. The maximum absolute atomic E-state index is 12.5. The minimum absolute atomic E-state index is 0.151. The van der Waals surface area contributed by atoms with Gasteiger partial charge in [0.1, 0.15) is 11.3 Å². The summed E-state index contributed by atoms with van der Waals surface area (Å²) in [6.07, 6.45) is 1.71. The first kappa shape index (κ1) is 21.0. The summed E-state index contributed by atoms with van der Waals surface area (Å²) in [4.78, 5) is 24.8. The van der Waals surface area contributed by atoms with Crippen LogP contribution < -0.4 is 4.74 Å². The van der Waals surface area contributed by atoms with Crippen molar-refractivity contribution in [3.05, 3.63) is 59.7 Å². The molecule has 0 spiro atoms. The van der Waals surface area contributed by atoms with E-state index in [1.165, 1.54) is 28.6 Å². The zero-order valence-electron chi connectivity index (χ0n) is 16.2. The normalized spacial score (nSPS) is 14.5. The van der Waals surface area contributed by atoms with Crippen molar-refractivity contribution >= 4 is 21.8 Å². The molecule has 0 saturated carbocycles. The lowest BCUT2D eigenvalue weighted by Crippen LogP contribution is -2.27. The number of carbonyl (C=O) groups excluding carboxylic acids is 2. The zero-order chi connectivity index (χ0) is 20.9. The number of rotatable bonds is 8. The van der Waals surface area contributed by atoms with Crippen LogP contribution in [0.15, 0.2) is 53.4 Å². The predicted molar refractivity (Wildman–Crippen MR) is 107 cm³/mol. The predicted octanol–water partition coefficient (Wildman–Crippen LogP) is 2.91. The Morgan fingerprint density at radius 2 is 1.66 bits per heavy atom. The van der Waals surface area contributed by atoms with Gasteiger partial charge < -0.3 is 9.47 Å². The molecule has 1 heterocycles. The second kappa shape index (κ2) is 9.19. The Hall–Kier alpha value is -2.71. The fourth-order valence-electron chi connectivity index (χ4n) is 3.10. The Morgan fingerprint density at radius 3 is 2.31 bits per heavy atom. The zero-order valence-corrected chi connectivity index (χ0v) is 17.0. The van der Waals surface area contributed by atoms with Gasteiger partial charge in [-0.25, -0.2) is 13.2 Å². The smallest absolute Gasteiger partial charge is 0.342 e. The summed E-state index contributed by atoms with van der Waals surface area (Å²) in [6, 6.07) is 12.3. The molecule has 7 nitrogen and oxygen atoms in total. The average Bonchev–Trinajstić information content (AvgIpc) is 3.28. The van der Waals surface area contributed by atoms with Crippen LogP contribution in [0.3, 0.4) is 0 Å². The third-order valence-electron chi connectivity index (χ3n) is 4.62. The Morgan fingerprint density at radius 1 is 1.00 bits per heavy atom. The molecule has 0 unspecified atom stereocenters. The summed E-state index contributed by atoms with van der Waals surface area (Å²) in [7, 11) is -3.53. The molecular formula is C21H23NO6S. The Labute approximate surface area is 170 Å². The van der Waals surface area contributed by atoms with Crippen LogP contribution in [0.25, 0.3) is 0 Å². The molecule has 0 radical (unpaired) electrons. The highest BCUT2D eigenvalue weighted by Crippen LogP contribution is 2.22. The van der Waals surface area contributed by atoms with E-state index < -0.39 is 28.4 Å². The Bertz CT molecular complexity index is 978. The van der Waals surface area contributed by atoms with E-state index in [-0.39, 0.29) is 16.0 Å². The fraction of sp³-hybridized carbons (Fsp3) is 0.333. The van der Waals surface area contributed by atoms with Gasteiger partial charge in [-0.05, 0) is 56.2 Å². The van der Waals surface area contributed by atoms with Gasteiger partial charge in [-0.3, -0.25) is 4.79 Å². The molecule has 2 aromatic rings. The minimum Gasteiger partial charge on any atom is -0.493 e. The van der Waals surface area contributed by atoms with Crippen molar-refractivity contribution in [2.45, 2.75) is 24.7 Å². The largest absolute Gasteiger partial charge is 0.493 e. The van der Waals surface area contributed by atoms with E-state index in [1.807, 2.05) is 0 Å². The molecule has 0 aliphatic carbocycles. The molecule has 1 aliphatic rings. The second-order valence-corrected chi connectivity index (χ2v) is 8.50. The summed E-state index contributed by atoms with van der Waals surface area (Å²) in [6.45, 7) is 2.79. The van der Waals surface area contributed by atoms with E-state index in [2.05, 4.69) is 0 Å². The molecule has 1 aliphatic heterocycles. The highest BCUT2D eigenvalue weighted by Gasteiger charge is 2.27. The van der Waals surface area contributed by atoms with E-state index >= 15 is 0 Å². The average molecular weight is 417 g/mol. The first-order chi connectivity index (χ1) is 13.9. The number of Topliss-reactive ketones (excluding diaryl/α,β-unsaturated/α-hetero) is 1. The highest BCUT2D eigenvalue weighted by molar-refractivity contribution is 7.89. The van der Waals surface area contributed by atoms with Crippen LogP contribution in [-0.4, -0.2) is 50.8 Å².